The summed E-state index contributed by atoms with van der Waals surface area (Å²) in [6, 6.07) is 4.04. The van der Waals surface area contributed by atoms with Crippen molar-refractivity contribution in [1.29, 1.82) is 0 Å². The normalized spacial score (nSPS) is 8.33. The lowest BCUT2D eigenvalue weighted by atomic mass is 10.7. The van der Waals surface area contributed by atoms with Gasteiger partial charge < -0.3 is 5.73 Å². The van der Waals surface area contributed by atoms with Crippen LogP contribution in [0.15, 0.2) is 35.5 Å². The molecular weight excluding hydrogens is 172 g/mol. The van der Waals surface area contributed by atoms with E-state index in [0.717, 1.165) is 0 Å². The van der Waals surface area contributed by atoms with Crippen LogP contribution >= 0.6 is 11.3 Å². The van der Waals surface area contributed by atoms with Gasteiger partial charge in [-0.15, -0.1) is 0 Å². The Balaban J connectivity index is 0.000000127. The van der Waals surface area contributed by atoms with E-state index in [2.05, 4.69) is 15.0 Å². The van der Waals surface area contributed by atoms with Gasteiger partial charge in [0.1, 0.15) is 12.7 Å². The van der Waals surface area contributed by atoms with Crippen LogP contribution in [0.4, 0.5) is 5.95 Å². The first-order valence-corrected chi connectivity index (χ1v) is 4.18. The molecule has 0 aliphatic carbocycles. The van der Waals surface area contributed by atoms with E-state index in [1.54, 1.807) is 11.3 Å². The minimum Gasteiger partial charge on any atom is -0.368 e. The van der Waals surface area contributed by atoms with Crippen LogP contribution in [0.1, 0.15) is 0 Å². The van der Waals surface area contributed by atoms with Crippen LogP contribution in [0.5, 0.6) is 0 Å². The predicted octanol–water partition coefficient (Wildman–Crippen LogP) is 1.20. The third kappa shape index (κ3) is 3.62. The molecule has 62 valence electrons. The van der Waals surface area contributed by atoms with Crippen LogP contribution in [-0.4, -0.2) is 15.0 Å². The molecule has 0 aliphatic rings. The highest BCUT2D eigenvalue weighted by molar-refractivity contribution is 7.07. The van der Waals surface area contributed by atoms with Crippen LogP contribution in [-0.2, 0) is 0 Å². The summed E-state index contributed by atoms with van der Waals surface area (Å²) in [7, 11) is 0. The monoisotopic (exact) mass is 180 g/mol. The summed E-state index contributed by atoms with van der Waals surface area (Å²) in [4.78, 5) is 10.6. The van der Waals surface area contributed by atoms with Crippen molar-refractivity contribution >= 4 is 17.3 Å². The molecule has 0 aliphatic heterocycles. The molecular formula is C7H8N4S. The second kappa shape index (κ2) is 5.20. The number of nitrogens with two attached hydrogens (primary N) is 1. The van der Waals surface area contributed by atoms with E-state index in [9.17, 15) is 0 Å². The lowest BCUT2D eigenvalue weighted by Crippen LogP contribution is -1.92. The fraction of sp³-hybridized carbons (Fsp3) is 0. The Hall–Kier alpha value is -1.49. The first-order chi connectivity index (χ1) is 5.89. The summed E-state index contributed by atoms with van der Waals surface area (Å²) >= 11 is 1.71. The second-order valence-electron chi connectivity index (χ2n) is 1.79. The highest BCUT2D eigenvalue weighted by Crippen LogP contribution is 1.91. The molecule has 2 aromatic rings. The van der Waals surface area contributed by atoms with Gasteiger partial charge in [-0.2, -0.15) is 11.3 Å². The largest absolute Gasteiger partial charge is 0.368 e. The van der Waals surface area contributed by atoms with Crippen LogP contribution < -0.4 is 5.73 Å². The third-order valence-corrected chi connectivity index (χ3v) is 1.57. The molecule has 5 heteroatoms. The van der Waals surface area contributed by atoms with Gasteiger partial charge in [-0.25, -0.2) is 15.0 Å². The molecule has 0 spiro atoms. The van der Waals surface area contributed by atoms with E-state index in [4.69, 9.17) is 5.73 Å². The zero-order valence-electron chi connectivity index (χ0n) is 6.29. The number of hydrogen-bond acceptors (Lipinski definition) is 5. The SMILES string of the molecule is Nc1ncncn1.c1ccsc1. The van der Waals surface area contributed by atoms with Crippen LogP contribution in [0, 0.1) is 0 Å². The Labute approximate surface area is 74.1 Å². The van der Waals surface area contributed by atoms with Crippen molar-refractivity contribution in [2.24, 2.45) is 0 Å². The number of thiophene rings is 1. The van der Waals surface area contributed by atoms with E-state index in [1.165, 1.54) is 12.7 Å². The second-order valence-corrected chi connectivity index (χ2v) is 2.61. The summed E-state index contributed by atoms with van der Waals surface area (Å²) in [6.45, 7) is 0. The van der Waals surface area contributed by atoms with Gasteiger partial charge in [0.15, 0.2) is 0 Å². The maximum absolute atomic E-state index is 5.10. The smallest absolute Gasteiger partial charge is 0.222 e. The number of rotatable bonds is 0. The van der Waals surface area contributed by atoms with Crippen molar-refractivity contribution < 1.29 is 0 Å². The molecule has 2 rings (SSSR count). The van der Waals surface area contributed by atoms with Gasteiger partial charge in [-0.3, -0.25) is 0 Å². The Bertz CT molecular complexity index is 264. The number of aromatic nitrogens is 3. The maximum atomic E-state index is 5.10. The van der Waals surface area contributed by atoms with Crippen molar-refractivity contribution in [2.45, 2.75) is 0 Å². The first-order valence-electron chi connectivity index (χ1n) is 3.24. The van der Waals surface area contributed by atoms with Gasteiger partial charge in [-0.1, -0.05) is 12.1 Å². The summed E-state index contributed by atoms with van der Waals surface area (Å²) in [6.07, 6.45) is 2.70. The van der Waals surface area contributed by atoms with E-state index in [1.807, 2.05) is 22.9 Å². The van der Waals surface area contributed by atoms with E-state index >= 15 is 0 Å². The Kier molecular flexibility index (Phi) is 3.73. The lowest BCUT2D eigenvalue weighted by molar-refractivity contribution is 1.06. The number of nitrogens with zero attached hydrogens (tertiary/aromatic N) is 3. The minimum atomic E-state index is 0.259. The Morgan fingerprint density at radius 2 is 1.67 bits per heavy atom. The molecule has 2 aromatic heterocycles. The molecule has 0 aromatic carbocycles. The van der Waals surface area contributed by atoms with Crippen molar-refractivity contribution in [3.8, 4) is 0 Å². The molecule has 4 nitrogen and oxygen atoms in total. The average molecular weight is 180 g/mol. The number of nitrogen functional groups attached to an aromatic ring is 1. The lowest BCUT2D eigenvalue weighted by Gasteiger charge is -1.81. The fourth-order valence-electron chi connectivity index (χ4n) is 0.475. The molecule has 0 saturated carbocycles. The third-order valence-electron chi connectivity index (χ3n) is 0.939. The zero-order chi connectivity index (χ0) is 8.65. The standard InChI is InChI=1S/C4H4S.C3H4N4/c1-2-4-5-3-1;4-3-6-1-5-2-7-3/h1-4H;1-2H,(H2,4,5,6,7). The number of anilines is 1. The van der Waals surface area contributed by atoms with Crippen molar-refractivity contribution in [3.63, 3.8) is 0 Å². The summed E-state index contributed by atoms with van der Waals surface area (Å²) in [5.74, 6) is 0.259. The summed E-state index contributed by atoms with van der Waals surface area (Å²) in [5.41, 5.74) is 5.10. The quantitative estimate of drug-likeness (QED) is 0.661. The highest BCUT2D eigenvalue weighted by atomic mass is 32.1. The van der Waals surface area contributed by atoms with Crippen molar-refractivity contribution in [3.05, 3.63) is 35.5 Å². The zero-order valence-corrected chi connectivity index (χ0v) is 7.11. The summed E-state index contributed by atoms with van der Waals surface area (Å²) < 4.78 is 0. The van der Waals surface area contributed by atoms with Gasteiger partial charge in [0.05, 0.1) is 0 Å². The average Bonchev–Trinajstić information content (AvgIpc) is 2.62. The highest BCUT2D eigenvalue weighted by Gasteiger charge is 1.76. The summed E-state index contributed by atoms with van der Waals surface area (Å²) in [5, 5.41) is 4.08. The topological polar surface area (TPSA) is 64.7 Å². The molecule has 0 unspecified atom stereocenters. The molecule has 0 amide bonds. The Morgan fingerprint density at radius 3 is 1.92 bits per heavy atom. The van der Waals surface area contributed by atoms with Crippen LogP contribution in [0.2, 0.25) is 0 Å². The minimum absolute atomic E-state index is 0.259. The van der Waals surface area contributed by atoms with Crippen molar-refractivity contribution in [2.75, 3.05) is 5.73 Å². The molecule has 2 heterocycles. The van der Waals surface area contributed by atoms with E-state index < -0.39 is 0 Å². The fourth-order valence-corrected chi connectivity index (χ4v) is 0.929. The molecule has 12 heavy (non-hydrogen) atoms. The maximum Gasteiger partial charge on any atom is 0.222 e. The molecule has 0 radical (unpaired) electrons. The first kappa shape index (κ1) is 8.61. The number of hydrogen-bond donors (Lipinski definition) is 1. The predicted molar refractivity (Wildman–Crippen MR) is 48.6 cm³/mol. The van der Waals surface area contributed by atoms with Gasteiger partial charge in [0, 0.05) is 0 Å². The van der Waals surface area contributed by atoms with E-state index in [0.29, 0.717) is 0 Å². The van der Waals surface area contributed by atoms with Gasteiger partial charge >= 0.3 is 0 Å². The Morgan fingerprint density at radius 1 is 1.08 bits per heavy atom. The molecule has 0 saturated heterocycles. The van der Waals surface area contributed by atoms with Gasteiger partial charge in [0.25, 0.3) is 0 Å². The van der Waals surface area contributed by atoms with Crippen molar-refractivity contribution in [1.82, 2.24) is 15.0 Å². The van der Waals surface area contributed by atoms with Crippen LogP contribution in [0.25, 0.3) is 0 Å². The van der Waals surface area contributed by atoms with Gasteiger partial charge in [0.2, 0.25) is 5.95 Å². The van der Waals surface area contributed by atoms with Crippen LogP contribution in [0.3, 0.4) is 0 Å². The molecule has 0 atom stereocenters. The molecule has 2 N–H and O–H groups in total. The van der Waals surface area contributed by atoms with E-state index in [-0.39, 0.29) is 5.95 Å². The molecule has 0 fully saturated rings. The molecule has 0 bridgehead atoms. The van der Waals surface area contributed by atoms with Gasteiger partial charge in [-0.05, 0) is 10.8 Å².